The second kappa shape index (κ2) is 18.3. The third-order valence-corrected chi connectivity index (χ3v) is 3.82. The van der Waals surface area contributed by atoms with E-state index in [9.17, 15) is 0 Å². The fourth-order valence-corrected chi connectivity index (χ4v) is 2.28. The fourth-order valence-electron chi connectivity index (χ4n) is 2.28. The lowest BCUT2D eigenvalue weighted by molar-refractivity contribution is 0.0944. The highest BCUT2D eigenvalue weighted by Gasteiger charge is 2.05. The summed E-state index contributed by atoms with van der Waals surface area (Å²) in [6, 6.07) is 0. The van der Waals surface area contributed by atoms with E-state index in [4.69, 9.17) is 4.74 Å². The number of nitrogens with zero attached hydrogens (tertiary/aromatic N) is 1. The van der Waals surface area contributed by atoms with E-state index in [0.29, 0.717) is 0 Å². The Kier molecular flexibility index (Phi) is 20.0. The van der Waals surface area contributed by atoms with Gasteiger partial charge in [0.1, 0.15) is 0 Å². The third-order valence-electron chi connectivity index (χ3n) is 3.82. The van der Waals surface area contributed by atoms with Crippen LogP contribution in [0.15, 0.2) is 0 Å². The molecule has 0 bridgehead atoms. The predicted molar refractivity (Wildman–Crippen MR) is 106 cm³/mol. The van der Waals surface area contributed by atoms with Gasteiger partial charge in [-0.05, 0) is 50.1 Å². The van der Waals surface area contributed by atoms with Crippen molar-refractivity contribution in [1.29, 1.82) is 0 Å². The maximum Gasteiger partial charge on any atom is 0.0593 e. The molecule has 0 atom stereocenters. The van der Waals surface area contributed by atoms with Crippen molar-refractivity contribution in [3.63, 3.8) is 0 Å². The molecule has 0 aromatic carbocycles. The van der Waals surface area contributed by atoms with Gasteiger partial charge in [0.05, 0.1) is 6.61 Å². The Morgan fingerprint density at radius 1 is 0.609 bits per heavy atom. The maximum absolute atomic E-state index is 5.69. The molecule has 0 saturated heterocycles. The van der Waals surface area contributed by atoms with Crippen molar-refractivity contribution in [3.8, 4) is 0 Å². The van der Waals surface area contributed by atoms with Gasteiger partial charge >= 0.3 is 0 Å². The Morgan fingerprint density at radius 2 is 1.17 bits per heavy atom. The topological polar surface area (TPSA) is 12.5 Å². The molecule has 0 aromatic heterocycles. The Morgan fingerprint density at radius 3 is 1.57 bits per heavy atom. The van der Waals surface area contributed by atoms with Gasteiger partial charge in [0.15, 0.2) is 0 Å². The summed E-state index contributed by atoms with van der Waals surface area (Å²) >= 11 is 0. The molecule has 142 valence electrons. The quantitative estimate of drug-likeness (QED) is 0.370. The van der Waals surface area contributed by atoms with Crippen molar-refractivity contribution in [3.05, 3.63) is 0 Å². The lowest BCUT2D eigenvalue weighted by Crippen LogP contribution is -2.30. The molecule has 0 aliphatic rings. The average molecular weight is 330 g/mol. The van der Waals surface area contributed by atoms with Gasteiger partial charge in [-0.2, -0.15) is 0 Å². The van der Waals surface area contributed by atoms with Crippen LogP contribution in [0.2, 0.25) is 0 Å². The van der Waals surface area contributed by atoms with Crippen molar-refractivity contribution >= 4 is 0 Å². The predicted octanol–water partition coefficient (Wildman–Crippen LogP) is 6.25. The summed E-state index contributed by atoms with van der Waals surface area (Å²) in [5, 5.41) is 0. The van der Waals surface area contributed by atoms with Crippen LogP contribution in [0.25, 0.3) is 0 Å². The zero-order valence-electron chi connectivity index (χ0n) is 17.7. The molecule has 0 heterocycles. The SMILES string of the molecule is CCCC(C)C.CCCN(CCOCCC(C)C)CCC(C)C. The first-order chi connectivity index (χ1) is 10.8. The minimum Gasteiger partial charge on any atom is -0.380 e. The standard InChI is InChI=1S/C15H33NO.C6H14/c1-6-9-16(10-7-14(2)3)11-13-17-12-8-15(4)5;1-4-5-6(2)3/h14-15H,6-13H2,1-5H3;6H,4-5H2,1-3H3. The zero-order chi connectivity index (χ0) is 18.1. The van der Waals surface area contributed by atoms with Crippen LogP contribution in [0, 0.1) is 17.8 Å². The van der Waals surface area contributed by atoms with Crippen LogP contribution < -0.4 is 0 Å². The van der Waals surface area contributed by atoms with Gasteiger partial charge in [-0.25, -0.2) is 0 Å². The molecule has 0 fully saturated rings. The first kappa shape index (κ1) is 25.2. The normalized spacial score (nSPS) is 11.5. The molecular weight excluding hydrogens is 282 g/mol. The van der Waals surface area contributed by atoms with Gasteiger partial charge in [0.25, 0.3) is 0 Å². The van der Waals surface area contributed by atoms with Gasteiger partial charge in [0, 0.05) is 13.2 Å². The summed E-state index contributed by atoms with van der Waals surface area (Å²) in [6.07, 6.45) is 6.42. The average Bonchev–Trinajstić information content (AvgIpc) is 2.44. The van der Waals surface area contributed by atoms with Crippen LogP contribution in [0.4, 0.5) is 0 Å². The van der Waals surface area contributed by atoms with Crippen molar-refractivity contribution in [1.82, 2.24) is 4.90 Å². The van der Waals surface area contributed by atoms with Gasteiger partial charge in [0.2, 0.25) is 0 Å². The number of hydrogen-bond donors (Lipinski definition) is 0. The van der Waals surface area contributed by atoms with Gasteiger partial charge in [-0.15, -0.1) is 0 Å². The first-order valence-electron chi connectivity index (χ1n) is 10.1. The van der Waals surface area contributed by atoms with E-state index in [1.807, 2.05) is 0 Å². The molecule has 0 aliphatic heterocycles. The summed E-state index contributed by atoms with van der Waals surface area (Å²) in [5.74, 6) is 2.45. The molecule has 2 heteroatoms. The smallest absolute Gasteiger partial charge is 0.0593 e. The number of hydrogen-bond acceptors (Lipinski definition) is 2. The summed E-state index contributed by atoms with van der Waals surface area (Å²) in [7, 11) is 0. The number of rotatable bonds is 13. The zero-order valence-corrected chi connectivity index (χ0v) is 17.7. The molecular formula is C21H47NO. The molecule has 2 nitrogen and oxygen atoms in total. The van der Waals surface area contributed by atoms with E-state index < -0.39 is 0 Å². The van der Waals surface area contributed by atoms with E-state index in [-0.39, 0.29) is 0 Å². The van der Waals surface area contributed by atoms with Gasteiger partial charge in [-0.1, -0.05) is 68.2 Å². The molecule has 0 unspecified atom stereocenters. The number of ether oxygens (including phenoxy) is 1. The minimum atomic E-state index is 0.752. The first-order valence-corrected chi connectivity index (χ1v) is 10.1. The lowest BCUT2D eigenvalue weighted by Gasteiger charge is -2.22. The third kappa shape index (κ3) is 24.3. The van der Waals surface area contributed by atoms with Crippen molar-refractivity contribution in [2.75, 3.05) is 32.8 Å². The molecule has 0 aromatic rings. The minimum absolute atomic E-state index is 0.752. The summed E-state index contributed by atoms with van der Waals surface area (Å²) < 4.78 is 5.69. The Balaban J connectivity index is 0. The van der Waals surface area contributed by atoms with Crippen LogP contribution in [-0.4, -0.2) is 37.7 Å². The summed E-state index contributed by atoms with van der Waals surface area (Å²) in [4.78, 5) is 2.54. The fraction of sp³-hybridized carbons (Fsp3) is 1.00. The molecule has 0 aliphatic carbocycles. The highest BCUT2D eigenvalue weighted by molar-refractivity contribution is 4.58. The molecule has 0 saturated carbocycles. The van der Waals surface area contributed by atoms with Crippen LogP contribution in [-0.2, 0) is 4.74 Å². The molecule has 0 rings (SSSR count). The molecule has 0 amide bonds. The Labute approximate surface area is 148 Å². The van der Waals surface area contributed by atoms with Gasteiger partial charge in [-0.3, -0.25) is 0 Å². The van der Waals surface area contributed by atoms with E-state index in [0.717, 1.165) is 37.5 Å². The molecule has 0 radical (unpaired) electrons. The van der Waals surface area contributed by atoms with Crippen LogP contribution in [0.3, 0.4) is 0 Å². The van der Waals surface area contributed by atoms with Crippen molar-refractivity contribution in [2.45, 2.75) is 87.5 Å². The maximum atomic E-state index is 5.69. The lowest BCUT2D eigenvalue weighted by atomic mass is 10.1. The van der Waals surface area contributed by atoms with E-state index >= 15 is 0 Å². The summed E-state index contributed by atoms with van der Waals surface area (Å²) in [6.45, 7) is 23.4. The second-order valence-corrected chi connectivity index (χ2v) is 8.00. The molecule has 0 spiro atoms. The van der Waals surface area contributed by atoms with E-state index in [2.05, 4.69) is 60.3 Å². The Hall–Kier alpha value is -0.0800. The van der Waals surface area contributed by atoms with E-state index in [1.54, 1.807) is 0 Å². The van der Waals surface area contributed by atoms with Crippen molar-refractivity contribution < 1.29 is 4.74 Å². The summed E-state index contributed by atoms with van der Waals surface area (Å²) in [5.41, 5.74) is 0. The second-order valence-electron chi connectivity index (χ2n) is 8.00. The van der Waals surface area contributed by atoms with Gasteiger partial charge < -0.3 is 9.64 Å². The van der Waals surface area contributed by atoms with Crippen LogP contribution in [0.5, 0.6) is 0 Å². The Bertz CT molecular complexity index is 214. The largest absolute Gasteiger partial charge is 0.380 e. The van der Waals surface area contributed by atoms with Crippen LogP contribution in [0.1, 0.15) is 87.5 Å². The van der Waals surface area contributed by atoms with Crippen molar-refractivity contribution in [2.24, 2.45) is 17.8 Å². The van der Waals surface area contributed by atoms with Crippen LogP contribution >= 0.6 is 0 Å². The molecule has 23 heavy (non-hydrogen) atoms. The monoisotopic (exact) mass is 329 g/mol. The highest BCUT2D eigenvalue weighted by Crippen LogP contribution is 2.03. The molecule has 0 N–H and O–H groups in total. The van der Waals surface area contributed by atoms with E-state index in [1.165, 1.54) is 45.2 Å². The highest BCUT2D eigenvalue weighted by atomic mass is 16.5.